The summed E-state index contributed by atoms with van der Waals surface area (Å²) in [7, 11) is 1.55. The summed E-state index contributed by atoms with van der Waals surface area (Å²) in [6, 6.07) is 4.87. The van der Waals surface area contributed by atoms with Gasteiger partial charge in [0.15, 0.2) is 11.6 Å². The molecule has 2 aromatic heterocycles. The second kappa shape index (κ2) is 10.1. The normalized spacial score (nSPS) is 15.3. The number of H-pyrrole nitrogens is 1. The van der Waals surface area contributed by atoms with Crippen LogP contribution in [0, 0.1) is 5.82 Å². The van der Waals surface area contributed by atoms with Gasteiger partial charge in [0.2, 0.25) is 11.9 Å². The van der Waals surface area contributed by atoms with Crippen LogP contribution in [0.4, 0.5) is 29.3 Å². The zero-order valence-corrected chi connectivity index (χ0v) is 20.2. The lowest BCUT2D eigenvalue weighted by atomic mass is 10.0. The Morgan fingerprint density at radius 3 is 2.61 bits per heavy atom. The van der Waals surface area contributed by atoms with Crippen LogP contribution >= 0.6 is 0 Å². The number of nitrogens with two attached hydrogens (primary N) is 1. The van der Waals surface area contributed by atoms with Crippen LogP contribution in [0.5, 0.6) is 0 Å². The highest BCUT2D eigenvalue weighted by Gasteiger charge is 2.66. The summed E-state index contributed by atoms with van der Waals surface area (Å²) >= 11 is 0. The van der Waals surface area contributed by atoms with Gasteiger partial charge >= 0.3 is 6.18 Å². The van der Waals surface area contributed by atoms with Gasteiger partial charge < -0.3 is 20.9 Å². The number of carbonyl (C=O) groups is 1. The number of halogens is 4. The zero-order valence-electron chi connectivity index (χ0n) is 20.2. The van der Waals surface area contributed by atoms with Crippen LogP contribution in [0.2, 0.25) is 0 Å². The van der Waals surface area contributed by atoms with Crippen LogP contribution in [-0.4, -0.2) is 40.5 Å². The SMILES string of the molecule is CN=CC(Nc1ncc(-c2ccc(CC(=O)Nc3cc(C4(C(F)(F)F)CC4)on3)c(F)c2)c(=O)[nH]1)=C(C)N. The molecule has 1 fully saturated rings. The fraction of sp³-hybridized carbons (Fsp3) is 0.292. The van der Waals surface area contributed by atoms with E-state index in [-0.39, 0.29) is 47.1 Å². The Morgan fingerprint density at radius 1 is 1.29 bits per heavy atom. The number of amides is 1. The van der Waals surface area contributed by atoms with Crippen molar-refractivity contribution < 1.29 is 26.9 Å². The van der Waals surface area contributed by atoms with Crippen molar-refractivity contribution in [2.75, 3.05) is 17.7 Å². The number of aromatic amines is 1. The van der Waals surface area contributed by atoms with Gasteiger partial charge in [-0.3, -0.25) is 19.6 Å². The molecule has 0 bridgehead atoms. The molecule has 3 aromatic rings. The number of carbonyl (C=O) groups excluding carboxylic acids is 1. The van der Waals surface area contributed by atoms with E-state index in [4.69, 9.17) is 10.3 Å². The highest BCUT2D eigenvalue weighted by Crippen LogP contribution is 2.59. The lowest BCUT2D eigenvalue weighted by molar-refractivity contribution is -0.165. The number of hydrogen-bond donors (Lipinski definition) is 4. The number of alkyl halides is 3. The minimum atomic E-state index is -4.49. The number of aliphatic imine (C=N–C) groups is 1. The second-order valence-electron chi connectivity index (χ2n) is 8.77. The molecule has 1 aliphatic carbocycles. The van der Waals surface area contributed by atoms with E-state index in [0.29, 0.717) is 11.4 Å². The monoisotopic (exact) mass is 533 g/mol. The number of nitrogens with zero attached hydrogens (tertiary/aromatic N) is 3. The molecule has 1 saturated carbocycles. The van der Waals surface area contributed by atoms with Gasteiger partial charge in [-0.25, -0.2) is 9.37 Å². The first-order valence-electron chi connectivity index (χ1n) is 11.3. The Hall–Kier alpha value is -4.49. The molecule has 1 aliphatic rings. The molecule has 5 N–H and O–H groups in total. The topological polar surface area (TPSA) is 151 Å². The molecule has 0 aliphatic heterocycles. The van der Waals surface area contributed by atoms with Crippen molar-refractivity contribution in [2.45, 2.75) is 37.8 Å². The Bertz CT molecular complexity index is 1480. The van der Waals surface area contributed by atoms with Crippen LogP contribution in [0.1, 0.15) is 31.1 Å². The number of benzene rings is 1. The average Bonchev–Trinajstić information content (AvgIpc) is 3.54. The molecule has 4 rings (SSSR count). The lowest BCUT2D eigenvalue weighted by Gasteiger charge is -2.14. The molecule has 0 saturated heterocycles. The van der Waals surface area contributed by atoms with E-state index in [2.05, 4.69) is 30.8 Å². The van der Waals surface area contributed by atoms with Crippen molar-refractivity contribution in [1.82, 2.24) is 15.1 Å². The zero-order chi connectivity index (χ0) is 27.7. The summed E-state index contributed by atoms with van der Waals surface area (Å²) in [5.74, 6) is -1.95. The lowest BCUT2D eigenvalue weighted by Crippen LogP contribution is -2.28. The maximum atomic E-state index is 14.8. The molecule has 10 nitrogen and oxygen atoms in total. The first kappa shape index (κ1) is 26.6. The number of aromatic nitrogens is 3. The Morgan fingerprint density at radius 2 is 2.03 bits per heavy atom. The van der Waals surface area contributed by atoms with E-state index in [1.165, 1.54) is 24.5 Å². The summed E-state index contributed by atoms with van der Waals surface area (Å²) in [5.41, 5.74) is 4.29. The van der Waals surface area contributed by atoms with Crippen molar-refractivity contribution in [3.8, 4) is 11.1 Å². The summed E-state index contributed by atoms with van der Waals surface area (Å²) in [4.78, 5) is 35.4. The van der Waals surface area contributed by atoms with Gasteiger partial charge in [-0.2, -0.15) is 13.2 Å². The average molecular weight is 533 g/mol. The van der Waals surface area contributed by atoms with Crippen LogP contribution < -0.4 is 21.9 Å². The summed E-state index contributed by atoms with van der Waals surface area (Å²) < 4.78 is 59.3. The smallest absolute Gasteiger partial charge is 0.401 e. The van der Waals surface area contributed by atoms with E-state index in [0.717, 1.165) is 12.1 Å². The largest absolute Gasteiger partial charge is 0.401 e. The van der Waals surface area contributed by atoms with Gasteiger partial charge in [-0.05, 0) is 37.0 Å². The summed E-state index contributed by atoms with van der Waals surface area (Å²) in [6.45, 7) is 1.64. The van der Waals surface area contributed by atoms with Gasteiger partial charge in [-0.1, -0.05) is 17.3 Å². The summed E-state index contributed by atoms with van der Waals surface area (Å²) in [5, 5.41) is 8.63. The van der Waals surface area contributed by atoms with Crippen molar-refractivity contribution in [1.29, 1.82) is 0 Å². The number of rotatable bonds is 8. The molecule has 1 aromatic carbocycles. The van der Waals surface area contributed by atoms with E-state index < -0.39 is 35.3 Å². The Balaban J connectivity index is 1.44. The summed E-state index contributed by atoms with van der Waals surface area (Å²) in [6.07, 6.45) is -2.44. The van der Waals surface area contributed by atoms with Crippen LogP contribution in [0.15, 0.2) is 56.2 Å². The Labute approximate surface area is 213 Å². The standard InChI is InChI=1S/C24H23F4N7O3/c1-12(29)17(11-30-2)32-22-31-10-15(21(37)34-22)13-3-4-14(16(25)7-13)8-20(36)33-19-9-18(38-35-19)23(5-6-23)24(26,27)28/h3-4,7,9-11H,5-6,8,29H2,1-2H3,(H,33,35,36)(H2,31,32,34,37). The molecule has 0 unspecified atom stereocenters. The predicted molar refractivity (Wildman–Crippen MR) is 131 cm³/mol. The van der Waals surface area contributed by atoms with Crippen LogP contribution in [-0.2, 0) is 16.6 Å². The van der Waals surface area contributed by atoms with Crippen LogP contribution in [0.3, 0.4) is 0 Å². The molecule has 2 heterocycles. The molecule has 0 atom stereocenters. The fourth-order valence-corrected chi connectivity index (χ4v) is 3.73. The van der Waals surface area contributed by atoms with E-state index in [9.17, 15) is 27.2 Å². The van der Waals surface area contributed by atoms with Gasteiger partial charge in [0.25, 0.3) is 5.56 Å². The maximum absolute atomic E-state index is 14.8. The Kier molecular flexibility index (Phi) is 7.07. The number of hydrogen-bond acceptors (Lipinski definition) is 8. The van der Waals surface area contributed by atoms with Gasteiger partial charge in [0.1, 0.15) is 11.2 Å². The van der Waals surface area contributed by atoms with E-state index in [1.54, 1.807) is 14.0 Å². The highest BCUT2D eigenvalue weighted by atomic mass is 19.4. The van der Waals surface area contributed by atoms with Gasteiger partial charge in [-0.15, -0.1) is 0 Å². The first-order valence-corrected chi connectivity index (χ1v) is 11.3. The fourth-order valence-electron chi connectivity index (χ4n) is 3.73. The molecule has 200 valence electrons. The molecular weight excluding hydrogens is 510 g/mol. The third-order valence-corrected chi connectivity index (χ3v) is 5.99. The number of anilines is 2. The molecule has 14 heteroatoms. The second-order valence-corrected chi connectivity index (χ2v) is 8.77. The van der Waals surface area contributed by atoms with Crippen LogP contribution in [0.25, 0.3) is 11.1 Å². The van der Waals surface area contributed by atoms with Crippen molar-refractivity contribution >= 4 is 23.9 Å². The molecule has 1 amide bonds. The molecule has 0 spiro atoms. The number of nitrogens with one attached hydrogen (secondary N) is 3. The van der Waals surface area contributed by atoms with E-state index >= 15 is 0 Å². The molecular formula is C24H23F4N7O3. The van der Waals surface area contributed by atoms with E-state index in [1.807, 2.05) is 0 Å². The van der Waals surface area contributed by atoms with Crippen molar-refractivity contribution in [3.05, 3.63) is 69.4 Å². The quantitative estimate of drug-likeness (QED) is 0.255. The van der Waals surface area contributed by atoms with Gasteiger partial charge in [0, 0.05) is 31.2 Å². The van der Waals surface area contributed by atoms with Gasteiger partial charge in [0.05, 0.1) is 17.7 Å². The minimum absolute atomic E-state index is 0.00125. The molecule has 38 heavy (non-hydrogen) atoms. The minimum Gasteiger partial charge on any atom is -0.401 e. The maximum Gasteiger partial charge on any atom is 0.401 e. The third-order valence-electron chi connectivity index (χ3n) is 5.99. The number of allylic oxidation sites excluding steroid dienone is 2. The predicted octanol–water partition coefficient (Wildman–Crippen LogP) is 3.64. The molecule has 0 radical (unpaired) electrons. The third kappa shape index (κ3) is 5.43. The highest BCUT2D eigenvalue weighted by molar-refractivity contribution is 5.91. The first-order chi connectivity index (χ1) is 17.9. The van der Waals surface area contributed by atoms with Crippen molar-refractivity contribution in [2.24, 2.45) is 10.7 Å². The van der Waals surface area contributed by atoms with Crippen molar-refractivity contribution in [3.63, 3.8) is 0 Å².